The van der Waals surface area contributed by atoms with E-state index in [4.69, 9.17) is 0 Å². The van der Waals surface area contributed by atoms with Gasteiger partial charge in [0, 0.05) is 28.2 Å². The summed E-state index contributed by atoms with van der Waals surface area (Å²) in [7, 11) is 6.36. The first-order valence-corrected chi connectivity index (χ1v) is 3.90. The Balaban J connectivity index is 3.99. The highest BCUT2D eigenvalue weighted by Crippen LogP contribution is 1.90. The zero-order valence-electron chi connectivity index (χ0n) is 8.42. The summed E-state index contributed by atoms with van der Waals surface area (Å²) >= 11 is 0. The zero-order chi connectivity index (χ0) is 10.4. The van der Waals surface area contributed by atoms with Crippen molar-refractivity contribution < 1.29 is 9.59 Å². The molecule has 0 heterocycles. The van der Waals surface area contributed by atoms with Gasteiger partial charge < -0.3 is 0 Å². The highest BCUT2D eigenvalue weighted by atomic mass is 16.2. The first-order valence-electron chi connectivity index (χ1n) is 3.90. The standard InChI is InChI=1S/C7H16N4O2/c1-8-10(3)6(12)5-7(13)11(4)9-2/h8-9H,5H2,1-4H3. The molecule has 0 aromatic rings. The SMILES string of the molecule is CNN(C)C(=O)CC(=O)N(C)NC. The van der Waals surface area contributed by atoms with Crippen molar-refractivity contribution in [3.05, 3.63) is 0 Å². The van der Waals surface area contributed by atoms with Gasteiger partial charge >= 0.3 is 0 Å². The van der Waals surface area contributed by atoms with Crippen LogP contribution in [0.2, 0.25) is 0 Å². The maximum atomic E-state index is 11.2. The van der Waals surface area contributed by atoms with E-state index in [1.807, 2.05) is 0 Å². The van der Waals surface area contributed by atoms with Crippen molar-refractivity contribution in [3.63, 3.8) is 0 Å². The average molecular weight is 188 g/mol. The fraction of sp³-hybridized carbons (Fsp3) is 0.714. The van der Waals surface area contributed by atoms with E-state index in [1.165, 1.54) is 10.0 Å². The second kappa shape index (κ2) is 5.50. The lowest BCUT2D eigenvalue weighted by atomic mass is 10.4. The van der Waals surface area contributed by atoms with Gasteiger partial charge in [0.25, 0.3) is 0 Å². The van der Waals surface area contributed by atoms with Crippen molar-refractivity contribution >= 4 is 11.8 Å². The summed E-state index contributed by atoms with van der Waals surface area (Å²) in [5, 5.41) is 2.53. The van der Waals surface area contributed by atoms with Gasteiger partial charge in [-0.2, -0.15) is 0 Å². The first-order chi connectivity index (χ1) is 6.02. The van der Waals surface area contributed by atoms with Gasteiger partial charge in [0.1, 0.15) is 6.42 Å². The number of hydrogen-bond acceptors (Lipinski definition) is 4. The van der Waals surface area contributed by atoms with Crippen LogP contribution < -0.4 is 10.9 Å². The molecule has 13 heavy (non-hydrogen) atoms. The Morgan fingerprint density at radius 1 is 1.00 bits per heavy atom. The first kappa shape index (κ1) is 11.9. The molecule has 6 heteroatoms. The molecule has 0 fully saturated rings. The molecule has 0 saturated heterocycles. The van der Waals surface area contributed by atoms with Crippen LogP contribution in [0.5, 0.6) is 0 Å². The van der Waals surface area contributed by atoms with E-state index in [0.29, 0.717) is 0 Å². The molecule has 0 bridgehead atoms. The number of nitrogens with one attached hydrogen (secondary N) is 2. The second-order valence-corrected chi connectivity index (χ2v) is 2.53. The minimum Gasteiger partial charge on any atom is -0.281 e. The molecular weight excluding hydrogens is 172 g/mol. The maximum Gasteiger partial charge on any atom is 0.245 e. The fourth-order valence-electron chi connectivity index (χ4n) is 0.616. The largest absolute Gasteiger partial charge is 0.281 e. The maximum absolute atomic E-state index is 11.2. The van der Waals surface area contributed by atoms with Crippen LogP contribution in [0.15, 0.2) is 0 Å². The summed E-state index contributed by atoms with van der Waals surface area (Å²) in [6.45, 7) is 0. The van der Waals surface area contributed by atoms with Gasteiger partial charge in [-0.1, -0.05) is 0 Å². The van der Waals surface area contributed by atoms with Crippen molar-refractivity contribution in [1.29, 1.82) is 0 Å². The Hall–Kier alpha value is -1.14. The van der Waals surface area contributed by atoms with Gasteiger partial charge in [-0.05, 0) is 0 Å². The number of hydrazine groups is 2. The Labute approximate surface area is 77.8 Å². The van der Waals surface area contributed by atoms with E-state index < -0.39 is 0 Å². The van der Waals surface area contributed by atoms with Crippen LogP contribution in [-0.2, 0) is 9.59 Å². The fourth-order valence-corrected chi connectivity index (χ4v) is 0.616. The molecule has 0 saturated carbocycles. The average Bonchev–Trinajstić information content (AvgIpc) is 2.14. The predicted octanol–water partition coefficient (Wildman–Crippen LogP) is -1.44. The third-order valence-corrected chi connectivity index (χ3v) is 1.72. The molecule has 0 rings (SSSR count). The van der Waals surface area contributed by atoms with E-state index >= 15 is 0 Å². The van der Waals surface area contributed by atoms with E-state index in [2.05, 4.69) is 10.9 Å². The van der Waals surface area contributed by atoms with Gasteiger partial charge in [-0.3, -0.25) is 19.6 Å². The normalized spacial score (nSPS) is 9.54. The second-order valence-electron chi connectivity index (χ2n) is 2.53. The third-order valence-electron chi connectivity index (χ3n) is 1.72. The number of carbonyl (C=O) groups is 2. The van der Waals surface area contributed by atoms with Crippen molar-refractivity contribution in [2.45, 2.75) is 6.42 Å². The quantitative estimate of drug-likeness (QED) is 0.419. The van der Waals surface area contributed by atoms with Gasteiger partial charge in [-0.15, -0.1) is 0 Å². The lowest BCUT2D eigenvalue weighted by Crippen LogP contribution is -2.43. The Morgan fingerprint density at radius 3 is 1.54 bits per heavy atom. The lowest BCUT2D eigenvalue weighted by Gasteiger charge is -2.18. The molecule has 0 aromatic carbocycles. The smallest absolute Gasteiger partial charge is 0.245 e. The van der Waals surface area contributed by atoms with E-state index in [1.54, 1.807) is 28.2 Å². The summed E-state index contributed by atoms with van der Waals surface area (Å²) in [5.74, 6) is -0.538. The zero-order valence-corrected chi connectivity index (χ0v) is 8.42. The van der Waals surface area contributed by atoms with Crippen molar-refractivity contribution in [2.75, 3.05) is 28.2 Å². The molecule has 0 aliphatic heterocycles. The highest BCUT2D eigenvalue weighted by molar-refractivity contribution is 5.96. The lowest BCUT2D eigenvalue weighted by molar-refractivity contribution is -0.141. The number of carbonyl (C=O) groups excluding carboxylic acids is 2. The molecule has 0 unspecified atom stereocenters. The third kappa shape index (κ3) is 3.86. The molecule has 0 spiro atoms. The molecule has 0 aliphatic carbocycles. The molecule has 2 amide bonds. The van der Waals surface area contributed by atoms with Crippen LogP contribution in [0.4, 0.5) is 0 Å². The van der Waals surface area contributed by atoms with Crippen LogP contribution in [0, 0.1) is 0 Å². The number of hydrogen-bond donors (Lipinski definition) is 2. The molecule has 76 valence electrons. The molecule has 2 N–H and O–H groups in total. The van der Waals surface area contributed by atoms with Crippen LogP contribution in [0.3, 0.4) is 0 Å². The minimum absolute atomic E-state index is 0.144. The molecule has 0 radical (unpaired) electrons. The van der Waals surface area contributed by atoms with Crippen LogP contribution in [0.1, 0.15) is 6.42 Å². The topological polar surface area (TPSA) is 64.7 Å². The summed E-state index contributed by atoms with van der Waals surface area (Å²) in [6.07, 6.45) is -0.144. The number of amides is 2. The Kier molecular flexibility index (Phi) is 5.01. The van der Waals surface area contributed by atoms with Gasteiger partial charge in [0.2, 0.25) is 11.8 Å². The molecular formula is C7H16N4O2. The van der Waals surface area contributed by atoms with Crippen LogP contribution >= 0.6 is 0 Å². The summed E-state index contributed by atoms with van der Waals surface area (Å²) in [5.41, 5.74) is 5.24. The van der Waals surface area contributed by atoms with Crippen LogP contribution in [-0.4, -0.2) is 50.0 Å². The molecule has 0 aromatic heterocycles. The summed E-state index contributed by atoms with van der Waals surface area (Å²) in [4.78, 5) is 22.4. The molecule has 6 nitrogen and oxygen atoms in total. The number of rotatable bonds is 4. The van der Waals surface area contributed by atoms with E-state index in [9.17, 15) is 9.59 Å². The highest BCUT2D eigenvalue weighted by Gasteiger charge is 2.15. The van der Waals surface area contributed by atoms with Crippen molar-refractivity contribution in [1.82, 2.24) is 20.9 Å². The van der Waals surface area contributed by atoms with Crippen LogP contribution in [0.25, 0.3) is 0 Å². The Bertz CT molecular complexity index is 175. The van der Waals surface area contributed by atoms with E-state index in [-0.39, 0.29) is 18.2 Å². The van der Waals surface area contributed by atoms with Crippen molar-refractivity contribution in [3.8, 4) is 0 Å². The molecule has 0 atom stereocenters. The summed E-state index contributed by atoms with van der Waals surface area (Å²) < 4.78 is 0. The van der Waals surface area contributed by atoms with Gasteiger partial charge in [0.15, 0.2) is 0 Å². The van der Waals surface area contributed by atoms with Gasteiger partial charge in [-0.25, -0.2) is 10.9 Å². The summed E-state index contributed by atoms with van der Waals surface area (Å²) in [6, 6.07) is 0. The minimum atomic E-state index is -0.269. The molecule has 0 aliphatic rings. The predicted molar refractivity (Wildman–Crippen MR) is 48.3 cm³/mol. The van der Waals surface area contributed by atoms with E-state index in [0.717, 1.165) is 0 Å². The number of nitrogens with zero attached hydrogens (tertiary/aromatic N) is 2. The monoisotopic (exact) mass is 188 g/mol. The Morgan fingerprint density at radius 2 is 1.31 bits per heavy atom. The van der Waals surface area contributed by atoms with Gasteiger partial charge in [0.05, 0.1) is 0 Å². The van der Waals surface area contributed by atoms with Crippen molar-refractivity contribution in [2.24, 2.45) is 0 Å².